The van der Waals surface area contributed by atoms with E-state index in [1.807, 2.05) is 0 Å². The Morgan fingerprint density at radius 3 is 2.31 bits per heavy atom. The monoisotopic (exact) mass is 186 g/mol. The van der Waals surface area contributed by atoms with Crippen molar-refractivity contribution in [1.29, 1.82) is 0 Å². The second-order valence-corrected chi connectivity index (χ2v) is 4.47. The lowest BCUT2D eigenvalue weighted by Crippen LogP contribution is -2.35. The predicted molar refractivity (Wildman–Crippen MR) is 54.8 cm³/mol. The largest absolute Gasteiger partial charge is 0.392 e. The average molecular weight is 186 g/mol. The Bertz CT molecular complexity index is 146. The van der Waals surface area contributed by atoms with Crippen molar-refractivity contribution in [3.63, 3.8) is 0 Å². The third-order valence-electron chi connectivity index (χ3n) is 2.59. The minimum absolute atomic E-state index is 0.0906. The van der Waals surface area contributed by atoms with Crippen LogP contribution in [0.2, 0.25) is 0 Å². The summed E-state index contributed by atoms with van der Waals surface area (Å²) in [5.74, 6) is 0.599. The van der Waals surface area contributed by atoms with Gasteiger partial charge in [-0.2, -0.15) is 0 Å². The molecule has 1 N–H and O–H groups in total. The molecule has 1 rings (SSSR count). The van der Waals surface area contributed by atoms with E-state index in [2.05, 4.69) is 30.9 Å². The zero-order chi connectivity index (χ0) is 9.84. The van der Waals surface area contributed by atoms with Crippen LogP contribution in [0, 0.1) is 5.92 Å². The number of hydrogen-bond donors (Lipinski definition) is 1. The topological polar surface area (TPSA) is 26.7 Å². The Labute approximate surface area is 81.3 Å². The Hall–Kier alpha value is -0.120. The molecule has 3 nitrogen and oxygen atoms in total. The highest BCUT2D eigenvalue weighted by Gasteiger charge is 2.29. The quantitative estimate of drug-likeness (QED) is 0.644. The lowest BCUT2D eigenvalue weighted by Gasteiger charge is -2.21. The van der Waals surface area contributed by atoms with E-state index in [1.165, 1.54) is 12.8 Å². The van der Waals surface area contributed by atoms with Gasteiger partial charge in [0.2, 0.25) is 0 Å². The lowest BCUT2D eigenvalue weighted by atomic mass is 10.2. The fraction of sp³-hybridized carbons (Fsp3) is 1.00. The average Bonchev–Trinajstić information content (AvgIpc) is 2.82. The number of likely N-dealkylation sites (N-methyl/N-ethyl adjacent to an activating group) is 2. The van der Waals surface area contributed by atoms with Crippen molar-refractivity contribution in [3.05, 3.63) is 0 Å². The predicted octanol–water partition coefficient (Wildman–Crippen LogP) is 0.251. The summed E-state index contributed by atoms with van der Waals surface area (Å²) >= 11 is 0. The first-order valence-electron chi connectivity index (χ1n) is 5.11. The molecule has 0 aliphatic heterocycles. The second-order valence-electron chi connectivity index (χ2n) is 4.47. The number of aliphatic hydroxyl groups excluding tert-OH is 1. The highest BCUT2D eigenvalue weighted by atomic mass is 16.3. The van der Waals surface area contributed by atoms with Gasteiger partial charge in [-0.15, -0.1) is 0 Å². The third kappa shape index (κ3) is 4.60. The van der Waals surface area contributed by atoms with Crippen LogP contribution in [0.15, 0.2) is 0 Å². The van der Waals surface area contributed by atoms with Gasteiger partial charge in [-0.05, 0) is 39.9 Å². The Balaban J connectivity index is 2.05. The normalized spacial score (nSPS) is 19.8. The van der Waals surface area contributed by atoms with Gasteiger partial charge in [-0.25, -0.2) is 0 Å². The first kappa shape index (κ1) is 11.0. The van der Waals surface area contributed by atoms with E-state index in [1.54, 1.807) is 0 Å². The smallest absolute Gasteiger partial charge is 0.0695 e. The van der Waals surface area contributed by atoms with Gasteiger partial charge in [-0.1, -0.05) is 0 Å². The van der Waals surface area contributed by atoms with E-state index >= 15 is 0 Å². The summed E-state index contributed by atoms with van der Waals surface area (Å²) in [6.45, 7) is 2.93. The van der Waals surface area contributed by atoms with E-state index in [0.717, 1.165) is 19.6 Å². The van der Waals surface area contributed by atoms with Crippen LogP contribution in [-0.4, -0.2) is 61.8 Å². The Morgan fingerprint density at radius 1 is 1.23 bits per heavy atom. The maximum atomic E-state index is 9.67. The van der Waals surface area contributed by atoms with Gasteiger partial charge >= 0.3 is 0 Å². The summed E-state index contributed by atoms with van der Waals surface area (Å²) < 4.78 is 0. The molecule has 13 heavy (non-hydrogen) atoms. The summed E-state index contributed by atoms with van der Waals surface area (Å²) in [6.07, 6.45) is 2.36. The molecule has 0 radical (unpaired) electrons. The van der Waals surface area contributed by atoms with Crippen LogP contribution in [0.25, 0.3) is 0 Å². The highest BCUT2D eigenvalue weighted by Crippen LogP contribution is 2.32. The van der Waals surface area contributed by atoms with Crippen molar-refractivity contribution >= 4 is 0 Å². The molecule has 0 amide bonds. The lowest BCUT2D eigenvalue weighted by molar-refractivity contribution is 0.104. The van der Waals surface area contributed by atoms with Gasteiger partial charge in [0.25, 0.3) is 0 Å². The molecule has 1 unspecified atom stereocenters. The van der Waals surface area contributed by atoms with Crippen LogP contribution in [-0.2, 0) is 0 Å². The molecule has 78 valence electrons. The number of hydrogen-bond acceptors (Lipinski definition) is 3. The molecule has 0 aromatic heterocycles. The zero-order valence-electron chi connectivity index (χ0n) is 9.03. The van der Waals surface area contributed by atoms with E-state index in [-0.39, 0.29) is 6.10 Å². The minimum Gasteiger partial charge on any atom is -0.392 e. The molecule has 1 aliphatic carbocycles. The molecule has 0 bridgehead atoms. The molecule has 1 aliphatic rings. The fourth-order valence-electron chi connectivity index (χ4n) is 1.41. The molecule has 0 aromatic carbocycles. The van der Waals surface area contributed by atoms with Gasteiger partial charge in [0.15, 0.2) is 0 Å². The molecular weight excluding hydrogens is 164 g/mol. The molecule has 1 saturated carbocycles. The van der Waals surface area contributed by atoms with E-state index in [4.69, 9.17) is 0 Å². The van der Waals surface area contributed by atoms with Crippen molar-refractivity contribution in [1.82, 2.24) is 9.80 Å². The van der Waals surface area contributed by atoms with Crippen molar-refractivity contribution in [2.24, 2.45) is 5.92 Å². The number of aliphatic hydroxyl groups is 1. The molecular formula is C10H22N2O. The molecule has 1 atom stereocenters. The highest BCUT2D eigenvalue weighted by molar-refractivity contribution is 4.82. The van der Waals surface area contributed by atoms with Crippen LogP contribution >= 0.6 is 0 Å². The van der Waals surface area contributed by atoms with Crippen molar-refractivity contribution in [2.75, 3.05) is 40.8 Å². The summed E-state index contributed by atoms with van der Waals surface area (Å²) in [6, 6.07) is 0. The van der Waals surface area contributed by atoms with Crippen LogP contribution < -0.4 is 0 Å². The maximum Gasteiger partial charge on any atom is 0.0695 e. The zero-order valence-corrected chi connectivity index (χ0v) is 9.03. The van der Waals surface area contributed by atoms with Gasteiger partial charge in [0.1, 0.15) is 0 Å². The number of nitrogens with zero attached hydrogens (tertiary/aromatic N) is 2. The summed E-state index contributed by atoms with van der Waals surface area (Å²) in [5.41, 5.74) is 0. The van der Waals surface area contributed by atoms with Crippen molar-refractivity contribution in [3.8, 4) is 0 Å². The van der Waals surface area contributed by atoms with E-state index in [0.29, 0.717) is 5.92 Å². The first-order chi connectivity index (χ1) is 6.09. The van der Waals surface area contributed by atoms with Crippen molar-refractivity contribution in [2.45, 2.75) is 18.9 Å². The van der Waals surface area contributed by atoms with Gasteiger partial charge in [-0.3, -0.25) is 0 Å². The minimum atomic E-state index is -0.0906. The van der Waals surface area contributed by atoms with Crippen molar-refractivity contribution < 1.29 is 5.11 Å². The Kier molecular flexibility index (Phi) is 4.16. The molecule has 0 spiro atoms. The van der Waals surface area contributed by atoms with Gasteiger partial charge in [0.05, 0.1) is 6.10 Å². The molecule has 0 heterocycles. The van der Waals surface area contributed by atoms with Crippen LogP contribution in [0.4, 0.5) is 0 Å². The Morgan fingerprint density at radius 2 is 1.85 bits per heavy atom. The van der Waals surface area contributed by atoms with E-state index in [9.17, 15) is 5.11 Å². The number of rotatable bonds is 6. The van der Waals surface area contributed by atoms with Gasteiger partial charge in [0, 0.05) is 19.6 Å². The standard InChI is InChI=1S/C10H22N2O/c1-11(2)6-7-12(3)8-10(13)9-4-5-9/h9-10,13H,4-8H2,1-3H3. The van der Waals surface area contributed by atoms with Crippen LogP contribution in [0.1, 0.15) is 12.8 Å². The van der Waals surface area contributed by atoms with Crippen LogP contribution in [0.3, 0.4) is 0 Å². The fourth-order valence-corrected chi connectivity index (χ4v) is 1.41. The third-order valence-corrected chi connectivity index (χ3v) is 2.59. The molecule has 0 saturated heterocycles. The first-order valence-corrected chi connectivity index (χ1v) is 5.11. The summed E-state index contributed by atoms with van der Waals surface area (Å²) in [4.78, 5) is 4.38. The molecule has 3 heteroatoms. The molecule has 1 fully saturated rings. The summed E-state index contributed by atoms with van der Waals surface area (Å²) in [5, 5.41) is 9.67. The second kappa shape index (κ2) is 4.94. The van der Waals surface area contributed by atoms with E-state index < -0.39 is 0 Å². The van der Waals surface area contributed by atoms with Gasteiger partial charge < -0.3 is 14.9 Å². The maximum absolute atomic E-state index is 9.67. The molecule has 0 aromatic rings. The SMILES string of the molecule is CN(C)CCN(C)CC(O)C1CC1. The van der Waals surface area contributed by atoms with Crippen LogP contribution in [0.5, 0.6) is 0 Å². The summed E-state index contributed by atoms with van der Waals surface area (Å²) in [7, 11) is 6.23.